The summed E-state index contributed by atoms with van der Waals surface area (Å²) >= 11 is 6.28. The van der Waals surface area contributed by atoms with Gasteiger partial charge in [0.25, 0.3) is 0 Å². The van der Waals surface area contributed by atoms with Crippen molar-refractivity contribution in [2.24, 2.45) is 16.5 Å². The first-order valence-electron chi connectivity index (χ1n) is 9.69. The van der Waals surface area contributed by atoms with Crippen molar-refractivity contribution < 1.29 is 26.3 Å². The number of hydrazine groups is 1. The highest BCUT2D eigenvalue weighted by Gasteiger charge is 2.39. The summed E-state index contributed by atoms with van der Waals surface area (Å²) in [5.74, 6) is -1.84. The molecule has 0 radical (unpaired) electrons. The molecule has 0 saturated carbocycles. The molecule has 0 aromatic heterocycles. The molecule has 0 bridgehead atoms. The fourth-order valence-corrected chi connectivity index (χ4v) is 5.35. The maximum atomic E-state index is 14.0. The Balaban J connectivity index is 1.76. The predicted molar refractivity (Wildman–Crippen MR) is 115 cm³/mol. The van der Waals surface area contributed by atoms with E-state index >= 15 is 0 Å². The van der Waals surface area contributed by atoms with E-state index in [2.05, 4.69) is 15.8 Å². The number of alkyl halides is 3. The van der Waals surface area contributed by atoms with E-state index in [1.807, 2.05) is 0 Å². The predicted octanol–water partition coefficient (Wildman–Crippen LogP) is 1.54. The molecule has 2 heterocycles. The van der Waals surface area contributed by atoms with Gasteiger partial charge in [-0.2, -0.15) is 22.9 Å². The number of nitrogens with one attached hydrogen (secondary N) is 2. The number of nitrogens with zero attached hydrogens (tertiary/aromatic N) is 2. The lowest BCUT2D eigenvalue weighted by molar-refractivity contribution is -0.137. The molecule has 9 nitrogen and oxygen atoms in total. The van der Waals surface area contributed by atoms with Crippen LogP contribution in [0, 0.1) is 0 Å². The minimum absolute atomic E-state index is 0.0404. The summed E-state index contributed by atoms with van der Waals surface area (Å²) in [6.45, 7) is 0.951. The van der Waals surface area contributed by atoms with Crippen LogP contribution in [0.2, 0.25) is 5.02 Å². The van der Waals surface area contributed by atoms with Gasteiger partial charge in [0.1, 0.15) is 0 Å². The first kappa shape index (κ1) is 23.7. The molecule has 1 unspecified atom stereocenters. The Hall–Kier alpha value is -2.42. The average molecular weight is 505 g/mol. The molecule has 0 spiro atoms. The normalized spacial score (nSPS) is 22.2. The van der Waals surface area contributed by atoms with Crippen LogP contribution in [0.25, 0.3) is 11.1 Å². The summed E-state index contributed by atoms with van der Waals surface area (Å²) in [7, 11) is -3.80. The second kappa shape index (κ2) is 8.42. The number of benzene rings is 2. The van der Waals surface area contributed by atoms with Gasteiger partial charge in [0, 0.05) is 29.2 Å². The van der Waals surface area contributed by atoms with Crippen molar-refractivity contribution in [3.63, 3.8) is 0 Å². The molecule has 2 aliphatic heterocycles. The molecule has 2 aromatic rings. The molecule has 1 saturated heterocycles. The van der Waals surface area contributed by atoms with Gasteiger partial charge < -0.3 is 10.5 Å². The number of hydrogen-bond acceptors (Lipinski definition) is 8. The minimum atomic E-state index is -4.79. The fraction of sp³-hybridized carbons (Fsp3) is 0.316. The molecule has 14 heteroatoms. The van der Waals surface area contributed by atoms with Crippen LogP contribution >= 0.6 is 11.6 Å². The maximum Gasteiger partial charge on any atom is 0.417 e. The van der Waals surface area contributed by atoms with Gasteiger partial charge in [0.2, 0.25) is 21.8 Å². The molecule has 2 aromatic carbocycles. The lowest BCUT2D eigenvalue weighted by atomic mass is 9.95. The molecule has 6 N–H and O–H groups in total. The number of hydrogen-bond donors (Lipinski definition) is 4. The van der Waals surface area contributed by atoms with Gasteiger partial charge in [-0.3, -0.25) is 11.2 Å². The molecule has 0 aliphatic carbocycles. The zero-order chi connectivity index (χ0) is 24.0. The van der Waals surface area contributed by atoms with Crippen LogP contribution in [0.5, 0.6) is 0 Å². The molecular formula is C19H20ClF3N6O3S. The zero-order valence-electron chi connectivity index (χ0n) is 17.0. The van der Waals surface area contributed by atoms with Gasteiger partial charge in [0.15, 0.2) is 0 Å². The minimum Gasteiger partial charge on any atom is -0.379 e. The second-order valence-corrected chi connectivity index (χ2v) is 9.78. The second-order valence-electron chi connectivity index (χ2n) is 7.43. The summed E-state index contributed by atoms with van der Waals surface area (Å²) in [6, 6.07) is 7.16. The molecule has 33 heavy (non-hydrogen) atoms. The van der Waals surface area contributed by atoms with Crippen LogP contribution in [-0.4, -0.2) is 45.0 Å². The van der Waals surface area contributed by atoms with Crippen LogP contribution in [-0.2, 0) is 26.7 Å². The van der Waals surface area contributed by atoms with E-state index in [4.69, 9.17) is 27.8 Å². The van der Waals surface area contributed by atoms with E-state index in [1.54, 1.807) is 0 Å². The van der Waals surface area contributed by atoms with Crippen molar-refractivity contribution >= 4 is 27.6 Å². The summed E-state index contributed by atoms with van der Waals surface area (Å²) < 4.78 is 74.0. The van der Waals surface area contributed by atoms with Crippen molar-refractivity contribution in [3.05, 3.63) is 52.5 Å². The lowest BCUT2D eigenvalue weighted by Crippen LogP contribution is -2.50. The third kappa shape index (κ3) is 4.52. The quantitative estimate of drug-likeness (QED) is 0.496. The Bertz CT molecular complexity index is 1200. The van der Waals surface area contributed by atoms with Crippen molar-refractivity contribution in [1.29, 1.82) is 0 Å². The van der Waals surface area contributed by atoms with E-state index in [1.165, 1.54) is 34.6 Å². The van der Waals surface area contributed by atoms with E-state index in [0.717, 1.165) is 6.07 Å². The highest BCUT2D eigenvalue weighted by molar-refractivity contribution is 7.89. The molecular weight excluding hydrogens is 485 g/mol. The van der Waals surface area contributed by atoms with E-state index < -0.39 is 27.5 Å². The van der Waals surface area contributed by atoms with Crippen LogP contribution < -0.4 is 22.3 Å². The molecule has 1 fully saturated rings. The Kier molecular flexibility index (Phi) is 6.05. The number of guanidine groups is 1. The average Bonchev–Trinajstić information content (AvgIpc) is 3.13. The highest BCUT2D eigenvalue weighted by atomic mass is 35.5. The Morgan fingerprint density at radius 3 is 2.33 bits per heavy atom. The summed E-state index contributed by atoms with van der Waals surface area (Å²) in [6.07, 6.45) is -4.79. The Morgan fingerprint density at radius 1 is 1.15 bits per heavy atom. The Labute approximate surface area is 192 Å². The zero-order valence-corrected chi connectivity index (χ0v) is 18.6. The summed E-state index contributed by atoms with van der Waals surface area (Å²) in [4.78, 5) is 3.84. The number of halogens is 4. The number of nitrogens with two attached hydrogens (primary N) is 2. The van der Waals surface area contributed by atoms with Gasteiger partial charge >= 0.3 is 6.18 Å². The first-order valence-corrected chi connectivity index (χ1v) is 11.5. The third-order valence-corrected chi connectivity index (χ3v) is 7.48. The van der Waals surface area contributed by atoms with Gasteiger partial charge in [0.05, 0.1) is 23.7 Å². The van der Waals surface area contributed by atoms with Crippen molar-refractivity contribution in [2.75, 3.05) is 26.3 Å². The van der Waals surface area contributed by atoms with Crippen molar-refractivity contribution in [2.45, 2.75) is 16.9 Å². The largest absolute Gasteiger partial charge is 0.417 e. The topological polar surface area (TPSA) is 135 Å². The lowest BCUT2D eigenvalue weighted by Gasteiger charge is -2.26. The molecule has 1 atom stereocenters. The SMILES string of the molecule is NC1=NC(N)(c2cc(Cl)c(-c3ccc(S(=O)(=O)N4CCOCC4)cc3)c(C(F)(F)F)c2)NN1. The molecule has 178 valence electrons. The molecule has 0 amide bonds. The smallest absolute Gasteiger partial charge is 0.379 e. The monoisotopic (exact) mass is 504 g/mol. The number of ether oxygens (including phenoxy) is 1. The maximum absolute atomic E-state index is 14.0. The first-order chi connectivity index (χ1) is 15.4. The van der Waals surface area contributed by atoms with Crippen molar-refractivity contribution in [3.8, 4) is 11.1 Å². The van der Waals surface area contributed by atoms with E-state index in [0.29, 0.717) is 0 Å². The van der Waals surface area contributed by atoms with Crippen LogP contribution in [0.15, 0.2) is 46.3 Å². The number of morpholine rings is 1. The molecule has 2 aliphatic rings. The van der Waals surface area contributed by atoms with Crippen LogP contribution in [0.4, 0.5) is 13.2 Å². The number of rotatable bonds is 4. The highest BCUT2D eigenvalue weighted by Crippen LogP contribution is 2.43. The molecule has 4 rings (SSSR count). The number of sulfonamides is 1. The third-order valence-electron chi connectivity index (χ3n) is 5.26. The van der Waals surface area contributed by atoms with Gasteiger partial charge in [-0.1, -0.05) is 23.7 Å². The van der Waals surface area contributed by atoms with Gasteiger partial charge in [-0.25, -0.2) is 13.4 Å². The fourth-order valence-electron chi connectivity index (χ4n) is 3.62. The standard InChI is InChI=1S/C19H20ClF3N6O3S/c20-15-10-12(19(25)26-17(24)27-28-19)9-14(18(21,22)23)16(15)11-1-3-13(4-2-11)33(30,31)29-5-7-32-8-6-29/h1-4,9-10,28H,5-8,25H2,(H3,24,26,27). The van der Waals surface area contributed by atoms with Crippen LogP contribution in [0.3, 0.4) is 0 Å². The number of aliphatic imine (C=N–C) groups is 1. The van der Waals surface area contributed by atoms with Crippen molar-refractivity contribution in [1.82, 2.24) is 15.2 Å². The summed E-state index contributed by atoms with van der Waals surface area (Å²) in [5.41, 5.74) is 15.2. The van der Waals surface area contributed by atoms with E-state index in [9.17, 15) is 21.6 Å². The summed E-state index contributed by atoms with van der Waals surface area (Å²) in [5, 5.41) is -0.240. The Morgan fingerprint density at radius 2 is 1.79 bits per heavy atom. The van der Waals surface area contributed by atoms with Crippen LogP contribution in [0.1, 0.15) is 11.1 Å². The van der Waals surface area contributed by atoms with Gasteiger partial charge in [-0.15, -0.1) is 0 Å². The van der Waals surface area contributed by atoms with Gasteiger partial charge in [-0.05, 0) is 29.8 Å². The van der Waals surface area contributed by atoms with E-state index in [-0.39, 0.29) is 58.9 Å².